The van der Waals surface area contributed by atoms with Crippen LogP contribution in [0.2, 0.25) is 0 Å². The van der Waals surface area contributed by atoms with E-state index in [4.69, 9.17) is 8.42 Å². The number of halogens is 11. The van der Waals surface area contributed by atoms with Crippen LogP contribution in [0.15, 0.2) is 0 Å². The Morgan fingerprint density at radius 3 is 0.470 bits per heavy atom. The fourth-order valence-corrected chi connectivity index (χ4v) is 11.4. The average molecular weight is 1140 g/mol. The van der Waals surface area contributed by atoms with Gasteiger partial charge < -0.3 is 20.9 Å². The summed E-state index contributed by atoms with van der Waals surface area (Å²) in [5.74, 6) is 0. The van der Waals surface area contributed by atoms with Crippen LogP contribution in [0.4, 0.5) is 48.1 Å². The molecular formula is C29H73F11LiN4O14S7+3. The van der Waals surface area contributed by atoms with Gasteiger partial charge in [-0.3, -0.25) is 4.70 Å². The molecule has 410 valence electrons. The fraction of sp³-hybridized carbons (Fsp3) is 1.00. The van der Waals surface area contributed by atoms with Crippen LogP contribution in [0.1, 0.15) is 72.6 Å². The summed E-state index contributed by atoms with van der Waals surface area (Å²) in [4.78, 5) is 7.12. The molecule has 0 saturated heterocycles. The van der Waals surface area contributed by atoms with Crippen LogP contribution in [-0.4, -0.2) is 189 Å². The molecule has 0 aromatic carbocycles. The maximum Gasteiger partial charge on any atom is 1.00 e. The van der Waals surface area contributed by atoms with E-state index in [2.05, 4.69) is 77.0 Å². The van der Waals surface area contributed by atoms with Crippen molar-refractivity contribution in [2.24, 2.45) is 0 Å². The van der Waals surface area contributed by atoms with Crippen LogP contribution < -0.4 is 25.0 Å². The molecule has 0 bridgehead atoms. The van der Waals surface area contributed by atoms with Gasteiger partial charge in [-0.15, -0.1) is 3.89 Å². The van der Waals surface area contributed by atoms with Crippen LogP contribution in [0.25, 0.3) is 0 Å². The van der Waals surface area contributed by atoms with Gasteiger partial charge in [-0.05, 0) is 58.9 Å². The van der Waals surface area contributed by atoms with Crippen LogP contribution in [0.5, 0.6) is 0 Å². The average Bonchev–Trinajstić information content (AvgIpc) is 2.99. The van der Waals surface area contributed by atoms with Gasteiger partial charge in [0.15, 0.2) is 44.8 Å². The Morgan fingerprint density at radius 2 is 0.455 bits per heavy atom. The maximum atomic E-state index is 11.5. The summed E-state index contributed by atoms with van der Waals surface area (Å²) in [5.41, 5.74) is -16.5. The van der Waals surface area contributed by atoms with Crippen molar-refractivity contribution in [2.45, 2.75) is 86.3 Å². The standard InChI is InChI=1S/3C6H15N.3C3H5F3O4S2.CH3FO2S.CH4.FH.Li.H3N/c3*1-4-7(5-2)6-3;3*1-11(7,8)2-12(9,10)3(4,5)6;1-5(2,3)4;;;;/h3*4-6H2,1-3H3;3*2H2,1H3;1H3;1H4;1H;;1H3/q;;;;;;;;;+1;/p+2. The van der Waals surface area contributed by atoms with Crippen molar-refractivity contribution in [3.63, 3.8) is 0 Å². The third kappa shape index (κ3) is 63.3. The zero-order valence-corrected chi connectivity index (χ0v) is 44.5. The van der Waals surface area contributed by atoms with Crippen molar-refractivity contribution in [1.82, 2.24) is 20.9 Å². The minimum atomic E-state index is -5.54. The smallest absolute Gasteiger partial charge is 0.344 e. The molecule has 0 aliphatic heterocycles. The molecule has 0 atom stereocenters. The third-order valence-electron chi connectivity index (χ3n) is 6.19. The van der Waals surface area contributed by atoms with Crippen LogP contribution in [0, 0.1) is 0 Å². The summed E-state index contributed by atoms with van der Waals surface area (Å²) in [6, 6.07) is 0. The van der Waals surface area contributed by atoms with Gasteiger partial charge in [0.05, 0.1) is 6.26 Å². The van der Waals surface area contributed by atoms with E-state index in [0.717, 1.165) is 0 Å². The Bertz CT molecular complexity index is 1770. The first-order valence-electron chi connectivity index (χ1n) is 17.4. The molecule has 0 aliphatic carbocycles. The third-order valence-corrected chi connectivity index (χ3v) is 17.2. The number of nitrogens with zero attached hydrogens (tertiary/aromatic N) is 3. The Hall–Kier alpha value is -0.683. The molecule has 0 rings (SSSR count). The molecule has 0 aromatic heterocycles. The Labute approximate surface area is 402 Å². The molecule has 3 N–H and O–H groups in total. The molecule has 0 heterocycles. The van der Waals surface area contributed by atoms with Gasteiger partial charge in [-0.1, -0.05) is 69.7 Å². The Balaban J connectivity index is -0.0000000474. The summed E-state index contributed by atoms with van der Waals surface area (Å²) in [5, 5.41) is -5.70. The van der Waals surface area contributed by atoms with E-state index in [1.54, 1.807) is 0 Å². The van der Waals surface area contributed by atoms with Crippen molar-refractivity contribution >= 4 is 69.2 Å². The quantitative estimate of drug-likeness (QED) is 0.139. The molecule has 0 aromatic rings. The van der Waals surface area contributed by atoms with Gasteiger partial charge in [-0.25, -0.2) is 50.5 Å². The second-order valence-electron chi connectivity index (χ2n) is 11.9. The van der Waals surface area contributed by atoms with Gasteiger partial charge in [0, 0.05) is 18.8 Å². The van der Waals surface area contributed by atoms with E-state index < -0.39 is 101 Å². The Morgan fingerprint density at radius 1 is 0.364 bits per heavy atom. The number of alkyl halides is 9. The zero-order valence-electron chi connectivity index (χ0n) is 40.8. The van der Waals surface area contributed by atoms with Gasteiger partial charge >= 0.3 is 38.2 Å². The molecular weight excluding hydrogens is 1070 g/mol. The predicted octanol–water partition coefficient (Wildman–Crippen LogP) is 1.91. The summed E-state index contributed by atoms with van der Waals surface area (Å²) in [6.45, 7) is 30.4. The van der Waals surface area contributed by atoms with Crippen molar-refractivity contribution in [3.05, 3.63) is 0 Å². The molecule has 0 unspecified atom stereocenters. The number of hydrogen-bond donors (Lipinski definition) is 1. The maximum absolute atomic E-state index is 11.5. The summed E-state index contributed by atoms with van der Waals surface area (Å²) in [6.07, 6.45) is 1.73. The number of hydrogen-bond acceptors (Lipinski definition) is 18. The molecule has 0 amide bonds. The van der Waals surface area contributed by atoms with Crippen molar-refractivity contribution in [1.29, 1.82) is 0 Å². The fourth-order valence-electron chi connectivity index (χ4n) is 3.06. The molecule has 37 heteroatoms. The normalized spacial score (nSPS) is 12.2. The van der Waals surface area contributed by atoms with Crippen LogP contribution in [0.3, 0.4) is 0 Å². The summed E-state index contributed by atoms with van der Waals surface area (Å²) < 4.78 is 254. The molecule has 0 aliphatic rings. The van der Waals surface area contributed by atoms with Gasteiger partial charge in [0.25, 0.3) is 39.7 Å². The van der Waals surface area contributed by atoms with E-state index in [0.29, 0.717) is 25.0 Å². The molecule has 66 heavy (non-hydrogen) atoms. The van der Waals surface area contributed by atoms with Crippen LogP contribution in [-0.2, 0) is 69.2 Å². The predicted molar refractivity (Wildman–Crippen MR) is 237 cm³/mol. The van der Waals surface area contributed by atoms with Crippen molar-refractivity contribution < 1.29 is 129 Å². The number of rotatable bonds is 15. The van der Waals surface area contributed by atoms with E-state index in [1.807, 2.05) is 0 Å². The second-order valence-corrected chi connectivity index (χ2v) is 26.7. The molecule has 0 spiro atoms. The van der Waals surface area contributed by atoms with Gasteiger partial charge in [0.2, 0.25) is 0 Å². The van der Waals surface area contributed by atoms with E-state index in [-0.39, 0.29) is 40.0 Å². The van der Waals surface area contributed by atoms with Crippen molar-refractivity contribution in [3.8, 4) is 0 Å². The van der Waals surface area contributed by atoms with E-state index in [1.165, 1.54) is 58.9 Å². The molecule has 0 saturated carbocycles. The zero-order chi connectivity index (χ0) is 52.2. The second kappa shape index (κ2) is 40.0. The summed E-state index contributed by atoms with van der Waals surface area (Å²) in [7, 11) is -33.3. The SMILES string of the molecule is C.CCN(CC)CC.CCN(CC)CC.CCN(CC)CC.CS(=O)(=O)CS(=O)(=O)C(F)(F)F.CS(=O)(=O)CS(=O)(=O)C(F)(F)F.CS(=O)(=O)CS(=O)(=O)C(F)(F)F.CS(=O)(=O)F.F.N.[H+].[H+].[Li+]. The Kier molecular flexibility index (Phi) is 55.5. The molecule has 0 fully saturated rings. The minimum Gasteiger partial charge on any atom is -0.344 e. The number of sulfone groups is 6. The molecule has 0 radical (unpaired) electrons. The van der Waals surface area contributed by atoms with E-state index in [9.17, 15) is 93.9 Å². The first kappa shape index (κ1) is 91.6. The minimum absolute atomic E-state index is 0. The topological polar surface area (TPSA) is 284 Å². The summed E-state index contributed by atoms with van der Waals surface area (Å²) >= 11 is 0. The molecule has 18 nitrogen and oxygen atoms in total. The van der Waals surface area contributed by atoms with Gasteiger partial charge in [0.1, 0.15) is 0 Å². The first-order chi connectivity index (χ1) is 26.9. The van der Waals surface area contributed by atoms with Crippen molar-refractivity contribution in [2.75, 3.05) is 99.2 Å². The van der Waals surface area contributed by atoms with E-state index >= 15 is 0 Å². The monoisotopic (exact) mass is 1140 g/mol. The first-order valence-corrected chi connectivity index (χ1v) is 30.3. The van der Waals surface area contributed by atoms with Crippen LogP contribution >= 0.6 is 0 Å². The largest absolute Gasteiger partial charge is 1.00 e. The van der Waals surface area contributed by atoms with Gasteiger partial charge in [-0.2, -0.15) is 47.9 Å².